The zero-order chi connectivity index (χ0) is 16.5. The Hall–Kier alpha value is -1.91. The molecule has 9 heteroatoms. The van der Waals surface area contributed by atoms with Gasteiger partial charge in [0.25, 0.3) is 0 Å². The predicted molar refractivity (Wildman–Crippen MR) is 98.6 cm³/mol. The maximum absolute atomic E-state index is 12.7. The van der Waals surface area contributed by atoms with Crippen molar-refractivity contribution in [3.8, 4) is 0 Å². The monoisotopic (exact) mass is 451 g/mol. The molecule has 0 aromatic carbocycles. The van der Waals surface area contributed by atoms with Gasteiger partial charge in [0.1, 0.15) is 18.1 Å². The number of nitrogens with one attached hydrogen (secondary N) is 2. The largest absolute Gasteiger partial charge is 0.467 e. The molecule has 2 N–H and O–H groups in total. The van der Waals surface area contributed by atoms with E-state index >= 15 is 0 Å². The van der Waals surface area contributed by atoms with E-state index in [-0.39, 0.29) is 24.0 Å². The van der Waals surface area contributed by atoms with Crippen molar-refractivity contribution >= 4 is 29.9 Å². The molecule has 2 rings (SSSR count). The molecular weight excluding hydrogens is 431 g/mol. The lowest BCUT2D eigenvalue weighted by Gasteiger charge is -2.11. The summed E-state index contributed by atoms with van der Waals surface area (Å²) in [4.78, 5) is 8.29. The predicted octanol–water partition coefficient (Wildman–Crippen LogP) is 2.95. The van der Waals surface area contributed by atoms with Crippen molar-refractivity contribution in [3.63, 3.8) is 0 Å². The highest BCUT2D eigenvalue weighted by atomic mass is 127. The van der Waals surface area contributed by atoms with E-state index < -0.39 is 6.55 Å². The first kappa shape index (κ1) is 20.1. The summed E-state index contributed by atoms with van der Waals surface area (Å²) in [5, 5.41) is 6.13. The Morgan fingerprint density at radius 3 is 2.96 bits per heavy atom. The van der Waals surface area contributed by atoms with E-state index in [1.54, 1.807) is 18.4 Å². The summed E-state index contributed by atoms with van der Waals surface area (Å²) < 4.78 is 31.5. The quantitative estimate of drug-likeness (QED) is 0.281. The van der Waals surface area contributed by atoms with Gasteiger partial charge in [-0.15, -0.1) is 30.6 Å². The van der Waals surface area contributed by atoms with Crippen LogP contribution in [-0.2, 0) is 13.0 Å². The van der Waals surface area contributed by atoms with Gasteiger partial charge in [0.15, 0.2) is 5.96 Å². The highest BCUT2D eigenvalue weighted by Crippen LogP contribution is 2.12. The van der Waals surface area contributed by atoms with E-state index in [9.17, 15) is 8.78 Å². The smallest absolute Gasteiger partial charge is 0.319 e. The minimum absolute atomic E-state index is 0. The van der Waals surface area contributed by atoms with Crippen molar-refractivity contribution in [1.29, 1.82) is 0 Å². The number of nitrogens with zero attached hydrogens (tertiary/aromatic N) is 3. The molecule has 0 atom stereocenters. The van der Waals surface area contributed by atoms with Gasteiger partial charge in [-0.05, 0) is 12.1 Å². The molecule has 132 valence electrons. The van der Waals surface area contributed by atoms with Gasteiger partial charge in [0.05, 0.1) is 6.26 Å². The molecule has 0 bridgehead atoms. The fraction of sp³-hybridized carbons (Fsp3) is 0.333. The molecular formula is C15H20F2IN5O. The number of aliphatic imine (C=N–C) groups is 1. The molecule has 24 heavy (non-hydrogen) atoms. The van der Waals surface area contributed by atoms with Gasteiger partial charge in [0, 0.05) is 31.9 Å². The molecule has 0 amide bonds. The van der Waals surface area contributed by atoms with Gasteiger partial charge in [-0.2, -0.15) is 8.78 Å². The van der Waals surface area contributed by atoms with Crippen LogP contribution in [0.5, 0.6) is 0 Å². The van der Waals surface area contributed by atoms with Crippen LogP contribution in [-0.4, -0.2) is 28.6 Å². The summed E-state index contributed by atoms with van der Waals surface area (Å²) in [5.74, 6) is 1.61. The fourth-order valence-electron chi connectivity index (χ4n) is 1.91. The Bertz CT molecular complexity index is 628. The average molecular weight is 451 g/mol. The molecule has 2 heterocycles. The number of aromatic nitrogens is 2. The van der Waals surface area contributed by atoms with Crippen LogP contribution >= 0.6 is 24.0 Å². The van der Waals surface area contributed by atoms with Crippen molar-refractivity contribution < 1.29 is 13.2 Å². The Morgan fingerprint density at radius 1 is 1.46 bits per heavy atom. The topological polar surface area (TPSA) is 67.4 Å². The Kier molecular flexibility index (Phi) is 9.05. The van der Waals surface area contributed by atoms with Crippen LogP contribution in [0.1, 0.15) is 18.1 Å². The molecule has 2 aromatic rings. The van der Waals surface area contributed by atoms with Crippen LogP contribution in [0, 0.1) is 0 Å². The highest BCUT2D eigenvalue weighted by molar-refractivity contribution is 14.0. The number of furan rings is 1. The zero-order valence-corrected chi connectivity index (χ0v) is 15.3. The first-order chi connectivity index (χ1) is 11.2. The van der Waals surface area contributed by atoms with E-state index in [2.05, 4.69) is 27.2 Å². The summed E-state index contributed by atoms with van der Waals surface area (Å²) in [6.45, 7) is 2.39. The van der Waals surface area contributed by atoms with Gasteiger partial charge in [-0.1, -0.05) is 6.08 Å². The number of hydrogen-bond donors (Lipinski definition) is 2. The van der Waals surface area contributed by atoms with E-state index in [0.29, 0.717) is 37.8 Å². The van der Waals surface area contributed by atoms with Gasteiger partial charge in [-0.3, -0.25) is 4.57 Å². The Morgan fingerprint density at radius 2 is 2.29 bits per heavy atom. The maximum Gasteiger partial charge on any atom is 0.319 e. The van der Waals surface area contributed by atoms with Gasteiger partial charge < -0.3 is 15.1 Å². The molecule has 2 aromatic heterocycles. The van der Waals surface area contributed by atoms with Crippen LogP contribution in [0.4, 0.5) is 8.78 Å². The zero-order valence-electron chi connectivity index (χ0n) is 13.0. The first-order valence-electron chi connectivity index (χ1n) is 7.16. The molecule has 0 saturated carbocycles. The van der Waals surface area contributed by atoms with Crippen LogP contribution < -0.4 is 10.6 Å². The Balaban J connectivity index is 0.00000288. The minimum atomic E-state index is -2.58. The summed E-state index contributed by atoms with van der Waals surface area (Å²) in [5.41, 5.74) is 0. The lowest BCUT2D eigenvalue weighted by Crippen LogP contribution is -2.38. The molecule has 0 saturated heterocycles. The molecule has 0 aliphatic rings. The Labute approximate surface area is 156 Å². The van der Waals surface area contributed by atoms with E-state index in [0.717, 1.165) is 10.3 Å². The minimum Gasteiger partial charge on any atom is -0.467 e. The fourth-order valence-corrected chi connectivity index (χ4v) is 1.91. The third kappa shape index (κ3) is 6.30. The van der Waals surface area contributed by atoms with Crippen LogP contribution in [0.15, 0.2) is 52.9 Å². The van der Waals surface area contributed by atoms with Crippen molar-refractivity contribution in [3.05, 3.63) is 55.0 Å². The number of rotatable bonds is 8. The lowest BCUT2D eigenvalue weighted by atomic mass is 10.4. The molecule has 0 aliphatic heterocycles. The van der Waals surface area contributed by atoms with Crippen LogP contribution in [0.3, 0.4) is 0 Å². The molecule has 6 nitrogen and oxygen atoms in total. The van der Waals surface area contributed by atoms with E-state index in [1.807, 2.05) is 6.07 Å². The number of halogens is 3. The normalized spacial score (nSPS) is 11.2. The van der Waals surface area contributed by atoms with Crippen molar-refractivity contribution in [2.45, 2.75) is 19.5 Å². The van der Waals surface area contributed by atoms with Gasteiger partial charge >= 0.3 is 6.55 Å². The summed E-state index contributed by atoms with van der Waals surface area (Å²) in [6.07, 6.45) is 6.27. The molecule has 0 radical (unpaired) electrons. The number of hydrogen-bond acceptors (Lipinski definition) is 3. The van der Waals surface area contributed by atoms with Crippen molar-refractivity contribution in [2.24, 2.45) is 4.99 Å². The summed E-state index contributed by atoms with van der Waals surface area (Å²) in [6, 6.07) is 3.62. The second kappa shape index (κ2) is 10.8. The van der Waals surface area contributed by atoms with Crippen molar-refractivity contribution in [1.82, 2.24) is 20.2 Å². The second-order valence-electron chi connectivity index (χ2n) is 4.62. The van der Waals surface area contributed by atoms with Crippen LogP contribution in [0.2, 0.25) is 0 Å². The first-order valence-corrected chi connectivity index (χ1v) is 7.16. The SMILES string of the molecule is C=CCNC(=NCc1ccco1)NCCc1nccn1C(F)F.I. The standard InChI is InChI=1S/C15H19F2N5O.HI/c1-2-6-19-15(21-11-12-4-3-10-23-12)20-7-5-13-18-8-9-22(13)14(16)17;/h2-4,8-10,14H,1,5-7,11H2,(H2,19,20,21);1H. The number of imidazole rings is 1. The molecule has 0 unspecified atom stereocenters. The third-order valence-electron chi connectivity index (χ3n) is 2.99. The summed E-state index contributed by atoms with van der Waals surface area (Å²) >= 11 is 0. The number of guanidine groups is 1. The van der Waals surface area contributed by atoms with Crippen molar-refractivity contribution in [2.75, 3.05) is 13.1 Å². The average Bonchev–Trinajstić information content (AvgIpc) is 3.20. The number of alkyl halides is 2. The highest BCUT2D eigenvalue weighted by Gasteiger charge is 2.10. The lowest BCUT2D eigenvalue weighted by molar-refractivity contribution is 0.0670. The van der Waals surface area contributed by atoms with Gasteiger partial charge in [-0.25, -0.2) is 9.98 Å². The van der Waals surface area contributed by atoms with Gasteiger partial charge in [0.2, 0.25) is 0 Å². The molecule has 0 fully saturated rings. The maximum atomic E-state index is 12.7. The summed E-state index contributed by atoms with van der Waals surface area (Å²) in [7, 11) is 0. The van der Waals surface area contributed by atoms with Crippen LogP contribution in [0.25, 0.3) is 0 Å². The van der Waals surface area contributed by atoms with E-state index in [4.69, 9.17) is 4.42 Å². The third-order valence-corrected chi connectivity index (χ3v) is 2.99. The molecule has 0 spiro atoms. The van der Waals surface area contributed by atoms with E-state index in [1.165, 1.54) is 12.4 Å². The second-order valence-corrected chi connectivity index (χ2v) is 4.62. The molecule has 0 aliphatic carbocycles.